The maximum absolute atomic E-state index is 14.1. The lowest BCUT2D eigenvalue weighted by Gasteiger charge is -2.33. The van der Waals surface area contributed by atoms with Crippen molar-refractivity contribution in [2.45, 2.75) is 32.7 Å². The highest BCUT2D eigenvalue weighted by atomic mass is 19.1. The molecule has 0 radical (unpaired) electrons. The first kappa shape index (κ1) is 21.5. The standard InChI is InChI=1S/C22H22FN5O.CH4/c23-18-6-2-1-5-17(18)22-26-10-7-19(27-22)21(29)12-15-13-25-9-8-20(15)28-11-3-4-16(24)14-28;/h1-2,5-10,13,16H,3-4,11-12,14,24H2;1H4/t16-;/m0./s1. The molecule has 1 saturated heterocycles. The fourth-order valence-electron chi connectivity index (χ4n) is 3.64. The molecular weight excluding hydrogens is 381 g/mol. The molecule has 3 heterocycles. The molecule has 7 heteroatoms. The Morgan fingerprint density at radius 1 is 1.20 bits per heavy atom. The van der Waals surface area contributed by atoms with Crippen LogP contribution in [0.2, 0.25) is 0 Å². The third kappa shape index (κ3) is 4.68. The normalized spacial score (nSPS) is 16.1. The van der Waals surface area contributed by atoms with E-state index in [4.69, 9.17) is 5.73 Å². The number of hydrogen-bond donors (Lipinski definition) is 1. The number of anilines is 1. The van der Waals surface area contributed by atoms with Crippen LogP contribution in [0.5, 0.6) is 0 Å². The van der Waals surface area contributed by atoms with Gasteiger partial charge in [-0.15, -0.1) is 0 Å². The minimum absolute atomic E-state index is 0. The number of ketones is 1. The highest BCUT2D eigenvalue weighted by Crippen LogP contribution is 2.25. The number of aromatic nitrogens is 3. The van der Waals surface area contributed by atoms with Gasteiger partial charge in [-0.3, -0.25) is 9.78 Å². The maximum Gasteiger partial charge on any atom is 0.185 e. The molecule has 30 heavy (non-hydrogen) atoms. The molecule has 0 saturated carbocycles. The molecule has 0 amide bonds. The number of piperidine rings is 1. The summed E-state index contributed by atoms with van der Waals surface area (Å²) in [5.74, 6) is -0.393. The second-order valence-corrected chi connectivity index (χ2v) is 7.20. The van der Waals surface area contributed by atoms with Gasteiger partial charge in [-0.05, 0) is 37.1 Å². The average Bonchev–Trinajstić information content (AvgIpc) is 2.74. The molecule has 1 aromatic carbocycles. The van der Waals surface area contributed by atoms with Gasteiger partial charge in [0.15, 0.2) is 11.6 Å². The summed E-state index contributed by atoms with van der Waals surface area (Å²) in [5.41, 5.74) is 8.45. The first-order valence-corrected chi connectivity index (χ1v) is 9.66. The van der Waals surface area contributed by atoms with Crippen LogP contribution in [0.1, 0.15) is 36.3 Å². The van der Waals surface area contributed by atoms with Gasteiger partial charge in [0.2, 0.25) is 0 Å². The molecule has 0 bridgehead atoms. The van der Waals surface area contributed by atoms with Crippen LogP contribution in [0, 0.1) is 5.82 Å². The van der Waals surface area contributed by atoms with E-state index in [1.54, 1.807) is 36.7 Å². The molecule has 1 aliphatic rings. The van der Waals surface area contributed by atoms with E-state index < -0.39 is 5.82 Å². The molecule has 1 atom stereocenters. The number of nitrogens with two attached hydrogens (primary N) is 1. The molecule has 0 unspecified atom stereocenters. The minimum atomic E-state index is -0.423. The molecule has 3 aromatic rings. The molecular formula is C23H26FN5O. The summed E-state index contributed by atoms with van der Waals surface area (Å²) >= 11 is 0. The van der Waals surface area contributed by atoms with Crippen molar-refractivity contribution in [1.82, 2.24) is 15.0 Å². The third-order valence-corrected chi connectivity index (χ3v) is 5.08. The van der Waals surface area contributed by atoms with Gasteiger partial charge in [0.05, 0.1) is 5.56 Å². The van der Waals surface area contributed by atoms with E-state index in [9.17, 15) is 9.18 Å². The van der Waals surface area contributed by atoms with Gasteiger partial charge < -0.3 is 10.6 Å². The lowest BCUT2D eigenvalue weighted by Crippen LogP contribution is -2.43. The molecule has 1 aliphatic heterocycles. The van der Waals surface area contributed by atoms with E-state index >= 15 is 0 Å². The molecule has 0 aliphatic carbocycles. The van der Waals surface area contributed by atoms with E-state index in [1.807, 2.05) is 6.07 Å². The zero-order valence-electron chi connectivity index (χ0n) is 16.0. The lowest BCUT2D eigenvalue weighted by molar-refractivity contribution is 0.0988. The Hall–Kier alpha value is -3.19. The number of carbonyl (C=O) groups is 1. The minimum Gasteiger partial charge on any atom is -0.370 e. The summed E-state index contributed by atoms with van der Waals surface area (Å²) in [6, 6.07) is 9.86. The Morgan fingerprint density at radius 3 is 2.83 bits per heavy atom. The van der Waals surface area contributed by atoms with Gasteiger partial charge >= 0.3 is 0 Å². The highest BCUT2D eigenvalue weighted by Gasteiger charge is 2.21. The van der Waals surface area contributed by atoms with Crippen LogP contribution in [0.4, 0.5) is 10.1 Å². The van der Waals surface area contributed by atoms with Crippen LogP contribution in [-0.2, 0) is 6.42 Å². The fraction of sp³-hybridized carbons (Fsp3) is 0.304. The van der Waals surface area contributed by atoms with Crippen LogP contribution < -0.4 is 10.6 Å². The first-order chi connectivity index (χ1) is 14.1. The van der Waals surface area contributed by atoms with E-state index in [1.165, 1.54) is 12.3 Å². The van der Waals surface area contributed by atoms with Crippen molar-refractivity contribution in [1.29, 1.82) is 0 Å². The zero-order chi connectivity index (χ0) is 20.2. The van der Waals surface area contributed by atoms with Crippen LogP contribution in [0.3, 0.4) is 0 Å². The Kier molecular flexibility index (Phi) is 6.84. The summed E-state index contributed by atoms with van der Waals surface area (Å²) in [6.45, 7) is 1.67. The van der Waals surface area contributed by atoms with Crippen molar-refractivity contribution in [3.05, 3.63) is 72.1 Å². The smallest absolute Gasteiger partial charge is 0.185 e. The molecule has 2 N–H and O–H groups in total. The second-order valence-electron chi connectivity index (χ2n) is 7.20. The van der Waals surface area contributed by atoms with Crippen LogP contribution in [0.25, 0.3) is 11.4 Å². The number of benzene rings is 1. The zero-order valence-corrected chi connectivity index (χ0v) is 16.0. The number of Topliss-reactive ketones (excluding diaryl/α,β-unsaturated/α-hetero) is 1. The first-order valence-electron chi connectivity index (χ1n) is 9.66. The van der Waals surface area contributed by atoms with Gasteiger partial charge in [-0.1, -0.05) is 19.6 Å². The molecule has 1 fully saturated rings. The van der Waals surface area contributed by atoms with Crippen molar-refractivity contribution in [2.24, 2.45) is 5.73 Å². The van der Waals surface area contributed by atoms with Crippen molar-refractivity contribution < 1.29 is 9.18 Å². The van der Waals surface area contributed by atoms with Gasteiger partial charge in [0, 0.05) is 55.4 Å². The van der Waals surface area contributed by atoms with Crippen LogP contribution in [0.15, 0.2) is 55.0 Å². The van der Waals surface area contributed by atoms with Crippen molar-refractivity contribution in [3.63, 3.8) is 0 Å². The van der Waals surface area contributed by atoms with Crippen LogP contribution >= 0.6 is 0 Å². The number of pyridine rings is 1. The number of rotatable bonds is 5. The van der Waals surface area contributed by atoms with Crippen molar-refractivity contribution >= 4 is 11.5 Å². The Bertz CT molecular complexity index is 1030. The van der Waals surface area contributed by atoms with Gasteiger partial charge in [0.25, 0.3) is 0 Å². The number of hydrogen-bond acceptors (Lipinski definition) is 6. The van der Waals surface area contributed by atoms with E-state index in [0.717, 1.165) is 37.2 Å². The fourth-order valence-corrected chi connectivity index (χ4v) is 3.64. The second kappa shape index (κ2) is 9.54. The predicted molar refractivity (Wildman–Crippen MR) is 116 cm³/mol. The van der Waals surface area contributed by atoms with E-state index in [-0.39, 0.29) is 42.8 Å². The lowest BCUT2D eigenvalue weighted by atomic mass is 10.0. The Balaban J connectivity index is 0.00000256. The van der Waals surface area contributed by atoms with Gasteiger partial charge in [0.1, 0.15) is 11.5 Å². The van der Waals surface area contributed by atoms with Gasteiger partial charge in [-0.2, -0.15) is 0 Å². The summed E-state index contributed by atoms with van der Waals surface area (Å²) < 4.78 is 14.1. The third-order valence-electron chi connectivity index (χ3n) is 5.08. The summed E-state index contributed by atoms with van der Waals surface area (Å²) in [6.07, 6.45) is 7.11. The topological polar surface area (TPSA) is 85.0 Å². The maximum atomic E-state index is 14.1. The predicted octanol–water partition coefficient (Wildman–Crippen LogP) is 3.67. The monoisotopic (exact) mass is 407 g/mol. The number of carbonyl (C=O) groups excluding carboxylic acids is 1. The number of halogens is 1. The average molecular weight is 407 g/mol. The highest BCUT2D eigenvalue weighted by molar-refractivity contribution is 5.96. The van der Waals surface area contributed by atoms with Crippen molar-refractivity contribution in [3.8, 4) is 11.4 Å². The molecule has 0 spiro atoms. The largest absolute Gasteiger partial charge is 0.370 e. The van der Waals surface area contributed by atoms with Gasteiger partial charge in [-0.25, -0.2) is 14.4 Å². The Morgan fingerprint density at radius 2 is 2.03 bits per heavy atom. The summed E-state index contributed by atoms with van der Waals surface area (Å²) in [7, 11) is 0. The van der Waals surface area contributed by atoms with E-state index in [0.29, 0.717) is 0 Å². The van der Waals surface area contributed by atoms with Crippen LogP contribution in [-0.4, -0.2) is 39.9 Å². The molecule has 6 nitrogen and oxygen atoms in total. The van der Waals surface area contributed by atoms with Crippen molar-refractivity contribution in [2.75, 3.05) is 18.0 Å². The SMILES string of the molecule is C.N[C@H]1CCCN(c2ccncc2CC(=O)c2ccnc(-c3ccccc3F)n2)C1. The van der Waals surface area contributed by atoms with E-state index in [2.05, 4.69) is 19.9 Å². The number of nitrogens with zero attached hydrogens (tertiary/aromatic N) is 4. The molecule has 156 valence electrons. The molecule has 4 rings (SSSR count). The quantitative estimate of drug-likeness (QED) is 0.650. The Labute approximate surface area is 176 Å². The summed E-state index contributed by atoms with van der Waals surface area (Å²) in [4.78, 5) is 27.7. The summed E-state index contributed by atoms with van der Waals surface area (Å²) in [5, 5.41) is 0. The molecule has 2 aromatic heterocycles.